The number of halogens is 1. The first-order valence-electron chi connectivity index (χ1n) is 7.02. The smallest absolute Gasteiger partial charge is 0.179 e. The molecule has 2 nitrogen and oxygen atoms in total. The summed E-state index contributed by atoms with van der Waals surface area (Å²) in [7, 11) is 0. The highest BCUT2D eigenvalue weighted by atomic mass is 19.1. The third kappa shape index (κ3) is 2.79. The SMILES string of the molecule is O=C(c1ccccc1F)[C@H](c1ccccc1)c1ccccn1. The zero-order chi connectivity index (χ0) is 15.4. The lowest BCUT2D eigenvalue weighted by atomic mass is 9.87. The summed E-state index contributed by atoms with van der Waals surface area (Å²) in [5.41, 5.74) is 1.50. The molecule has 3 aromatic rings. The van der Waals surface area contributed by atoms with E-state index in [9.17, 15) is 9.18 Å². The van der Waals surface area contributed by atoms with Gasteiger partial charge in [-0.15, -0.1) is 0 Å². The van der Waals surface area contributed by atoms with Crippen molar-refractivity contribution in [2.45, 2.75) is 5.92 Å². The van der Waals surface area contributed by atoms with Crippen LogP contribution in [-0.2, 0) is 0 Å². The molecule has 0 radical (unpaired) electrons. The van der Waals surface area contributed by atoms with Crippen molar-refractivity contribution in [2.75, 3.05) is 0 Å². The number of pyridine rings is 1. The van der Waals surface area contributed by atoms with Gasteiger partial charge in [0, 0.05) is 6.20 Å². The van der Waals surface area contributed by atoms with Gasteiger partial charge in [-0.3, -0.25) is 9.78 Å². The second-order valence-electron chi connectivity index (χ2n) is 4.94. The normalized spacial score (nSPS) is 11.9. The highest BCUT2D eigenvalue weighted by Gasteiger charge is 2.26. The summed E-state index contributed by atoms with van der Waals surface area (Å²) in [6, 6.07) is 20.8. The third-order valence-electron chi connectivity index (χ3n) is 3.52. The van der Waals surface area contributed by atoms with Crippen LogP contribution in [0.4, 0.5) is 4.39 Å². The molecule has 0 saturated carbocycles. The minimum absolute atomic E-state index is 0.0852. The lowest BCUT2D eigenvalue weighted by molar-refractivity contribution is 0.0968. The van der Waals surface area contributed by atoms with Crippen LogP contribution in [0.3, 0.4) is 0 Å². The van der Waals surface area contributed by atoms with Crippen LogP contribution >= 0.6 is 0 Å². The Morgan fingerprint density at radius 3 is 2.23 bits per heavy atom. The summed E-state index contributed by atoms with van der Waals surface area (Å²) in [5.74, 6) is -1.41. The highest BCUT2D eigenvalue weighted by molar-refractivity contribution is 6.03. The number of nitrogens with zero attached hydrogens (tertiary/aromatic N) is 1. The van der Waals surface area contributed by atoms with E-state index in [0.29, 0.717) is 5.69 Å². The van der Waals surface area contributed by atoms with Crippen LogP contribution in [0.15, 0.2) is 79.0 Å². The molecule has 2 aromatic carbocycles. The fourth-order valence-electron chi connectivity index (χ4n) is 2.47. The average molecular weight is 291 g/mol. The second-order valence-corrected chi connectivity index (χ2v) is 4.94. The van der Waals surface area contributed by atoms with Crippen molar-refractivity contribution in [2.24, 2.45) is 0 Å². The molecule has 0 saturated heterocycles. The molecule has 0 amide bonds. The summed E-state index contributed by atoms with van der Waals surface area (Å²) in [6.45, 7) is 0. The molecule has 1 atom stereocenters. The van der Waals surface area contributed by atoms with E-state index in [-0.39, 0.29) is 11.3 Å². The van der Waals surface area contributed by atoms with Crippen molar-refractivity contribution < 1.29 is 9.18 Å². The summed E-state index contributed by atoms with van der Waals surface area (Å²) >= 11 is 0. The first-order chi connectivity index (χ1) is 10.8. The van der Waals surface area contributed by atoms with E-state index < -0.39 is 11.7 Å². The van der Waals surface area contributed by atoms with Gasteiger partial charge in [-0.1, -0.05) is 48.5 Å². The van der Waals surface area contributed by atoms with Gasteiger partial charge in [-0.05, 0) is 29.8 Å². The second kappa shape index (κ2) is 6.31. The number of Topliss-reactive ketones (excluding diaryl/α,β-unsaturated/α-hetero) is 1. The molecule has 0 aliphatic rings. The maximum Gasteiger partial charge on any atom is 0.179 e. The summed E-state index contributed by atoms with van der Waals surface area (Å²) in [6.07, 6.45) is 1.64. The molecular weight excluding hydrogens is 277 g/mol. The molecule has 3 heteroatoms. The molecule has 22 heavy (non-hydrogen) atoms. The molecule has 0 fully saturated rings. The minimum Gasteiger partial charge on any atom is -0.293 e. The first kappa shape index (κ1) is 14.1. The molecule has 0 aliphatic heterocycles. The van der Waals surface area contributed by atoms with E-state index in [1.165, 1.54) is 12.1 Å². The number of aromatic nitrogens is 1. The zero-order valence-corrected chi connectivity index (χ0v) is 11.8. The van der Waals surface area contributed by atoms with E-state index in [4.69, 9.17) is 0 Å². The number of carbonyl (C=O) groups is 1. The van der Waals surface area contributed by atoms with Gasteiger partial charge in [0.1, 0.15) is 5.82 Å². The number of hydrogen-bond donors (Lipinski definition) is 0. The maximum absolute atomic E-state index is 14.0. The number of carbonyl (C=O) groups excluding carboxylic acids is 1. The Morgan fingerprint density at radius 2 is 1.55 bits per heavy atom. The van der Waals surface area contributed by atoms with Gasteiger partial charge in [0.15, 0.2) is 5.78 Å². The molecule has 1 aromatic heterocycles. The molecular formula is C19H14FNO. The Morgan fingerprint density at radius 1 is 0.864 bits per heavy atom. The molecule has 108 valence electrons. The Kier molecular flexibility index (Phi) is 4.05. The fourth-order valence-corrected chi connectivity index (χ4v) is 2.47. The summed E-state index contributed by atoms with van der Waals surface area (Å²) in [5, 5.41) is 0. The van der Waals surface area contributed by atoms with Gasteiger partial charge in [0.05, 0.1) is 17.2 Å². The first-order valence-corrected chi connectivity index (χ1v) is 7.02. The average Bonchev–Trinajstić information content (AvgIpc) is 2.57. The number of rotatable bonds is 4. The predicted octanol–water partition coefficient (Wildman–Crippen LogP) is 4.24. The topological polar surface area (TPSA) is 30.0 Å². The molecule has 3 rings (SSSR count). The van der Waals surface area contributed by atoms with Crippen LogP contribution in [-0.4, -0.2) is 10.8 Å². The predicted molar refractivity (Wildman–Crippen MR) is 83.3 cm³/mol. The molecule has 0 spiro atoms. The van der Waals surface area contributed by atoms with Crippen LogP contribution in [0.25, 0.3) is 0 Å². The van der Waals surface area contributed by atoms with E-state index in [1.54, 1.807) is 30.5 Å². The molecule has 1 heterocycles. The standard InChI is InChI=1S/C19H14FNO/c20-16-11-5-4-10-15(16)19(22)18(14-8-2-1-3-9-14)17-12-6-7-13-21-17/h1-13,18H/t18-/m1/s1. The van der Waals surface area contributed by atoms with E-state index >= 15 is 0 Å². The van der Waals surface area contributed by atoms with Crippen LogP contribution in [0, 0.1) is 5.82 Å². The van der Waals surface area contributed by atoms with Crippen LogP contribution < -0.4 is 0 Å². The van der Waals surface area contributed by atoms with Crippen molar-refractivity contribution in [3.63, 3.8) is 0 Å². The minimum atomic E-state index is -0.612. The van der Waals surface area contributed by atoms with Gasteiger partial charge < -0.3 is 0 Å². The Bertz CT molecular complexity index is 732. The molecule has 0 unspecified atom stereocenters. The lowest BCUT2D eigenvalue weighted by Gasteiger charge is -2.16. The Hall–Kier alpha value is -2.81. The molecule has 0 N–H and O–H groups in total. The van der Waals surface area contributed by atoms with Gasteiger partial charge in [-0.25, -0.2) is 4.39 Å². The van der Waals surface area contributed by atoms with Crippen molar-refractivity contribution in [1.82, 2.24) is 4.98 Å². The van der Waals surface area contributed by atoms with Crippen LogP contribution in [0.2, 0.25) is 0 Å². The number of ketones is 1. The van der Waals surface area contributed by atoms with Crippen molar-refractivity contribution in [1.29, 1.82) is 0 Å². The third-order valence-corrected chi connectivity index (χ3v) is 3.52. The zero-order valence-electron chi connectivity index (χ0n) is 11.8. The monoisotopic (exact) mass is 291 g/mol. The lowest BCUT2D eigenvalue weighted by Crippen LogP contribution is -2.17. The van der Waals surface area contributed by atoms with Gasteiger partial charge in [0.2, 0.25) is 0 Å². The number of benzene rings is 2. The van der Waals surface area contributed by atoms with E-state index in [1.807, 2.05) is 36.4 Å². The van der Waals surface area contributed by atoms with Crippen molar-refractivity contribution in [3.05, 3.63) is 102 Å². The molecule has 0 aliphatic carbocycles. The highest BCUT2D eigenvalue weighted by Crippen LogP contribution is 2.28. The van der Waals surface area contributed by atoms with E-state index in [2.05, 4.69) is 4.98 Å². The van der Waals surface area contributed by atoms with Crippen LogP contribution in [0.5, 0.6) is 0 Å². The summed E-state index contributed by atoms with van der Waals surface area (Å²) < 4.78 is 14.0. The fraction of sp³-hybridized carbons (Fsp3) is 0.0526. The van der Waals surface area contributed by atoms with Gasteiger partial charge in [0.25, 0.3) is 0 Å². The van der Waals surface area contributed by atoms with Gasteiger partial charge in [-0.2, -0.15) is 0 Å². The Balaban J connectivity index is 2.11. The van der Waals surface area contributed by atoms with Crippen LogP contribution in [0.1, 0.15) is 27.5 Å². The maximum atomic E-state index is 14.0. The van der Waals surface area contributed by atoms with E-state index in [0.717, 1.165) is 5.56 Å². The van der Waals surface area contributed by atoms with Gasteiger partial charge >= 0.3 is 0 Å². The van der Waals surface area contributed by atoms with Crippen molar-refractivity contribution in [3.8, 4) is 0 Å². The Labute approximate surface area is 128 Å². The van der Waals surface area contributed by atoms with Crippen molar-refractivity contribution >= 4 is 5.78 Å². The number of hydrogen-bond acceptors (Lipinski definition) is 2. The largest absolute Gasteiger partial charge is 0.293 e. The molecule has 0 bridgehead atoms. The summed E-state index contributed by atoms with van der Waals surface area (Å²) in [4.78, 5) is 17.2. The quantitative estimate of drug-likeness (QED) is 0.673.